The number of rotatable bonds is 2. The zero-order chi connectivity index (χ0) is 12.8. The van der Waals surface area contributed by atoms with E-state index in [1.54, 1.807) is 6.20 Å². The minimum Gasteiger partial charge on any atom is -0.383 e. The number of aromatic nitrogens is 1. The van der Waals surface area contributed by atoms with Crippen molar-refractivity contribution in [3.63, 3.8) is 0 Å². The van der Waals surface area contributed by atoms with Gasteiger partial charge in [-0.2, -0.15) is 0 Å². The van der Waals surface area contributed by atoms with Crippen molar-refractivity contribution in [3.8, 4) is 11.8 Å². The number of hydrogen-bond donors (Lipinski definition) is 1. The summed E-state index contributed by atoms with van der Waals surface area (Å²) in [5.41, 5.74) is 14.8. The van der Waals surface area contributed by atoms with E-state index in [1.165, 1.54) is 0 Å². The lowest BCUT2D eigenvalue weighted by atomic mass is 10.1. The van der Waals surface area contributed by atoms with Gasteiger partial charge < -0.3 is 5.73 Å². The highest BCUT2D eigenvalue weighted by atomic mass is 15.1. The molecule has 0 radical (unpaired) electrons. The Balaban J connectivity index is 2.34. The zero-order valence-electron chi connectivity index (χ0n) is 9.67. The maximum Gasteiger partial charge on any atom is 0.131 e. The summed E-state index contributed by atoms with van der Waals surface area (Å²) in [5, 5.41) is 5.31. The fourth-order valence-electron chi connectivity index (χ4n) is 1.62. The molecule has 0 aliphatic heterocycles. The summed E-state index contributed by atoms with van der Waals surface area (Å²) < 4.78 is 0. The smallest absolute Gasteiger partial charge is 0.131 e. The summed E-state index contributed by atoms with van der Waals surface area (Å²) in [6.07, 6.45) is 2.20. The van der Waals surface area contributed by atoms with Crippen LogP contribution in [0.3, 0.4) is 0 Å². The van der Waals surface area contributed by atoms with Crippen LogP contribution in [-0.2, 0) is 0 Å². The van der Waals surface area contributed by atoms with Crippen LogP contribution in [0.4, 0.5) is 5.82 Å². The molecule has 2 rings (SSSR count). The van der Waals surface area contributed by atoms with Gasteiger partial charge in [-0.15, -0.1) is 0 Å². The normalized spacial score (nSPS) is 9.33. The molecule has 0 saturated carbocycles. The Morgan fingerprint density at radius 2 is 2.11 bits per heavy atom. The first kappa shape index (κ1) is 11.8. The number of nitrogen functional groups attached to an aromatic ring is 1. The maximum absolute atomic E-state index is 8.14. The molecule has 2 N–H and O–H groups in total. The molecule has 0 saturated heterocycles. The molecular formula is C13H11N5. The van der Waals surface area contributed by atoms with Gasteiger partial charge >= 0.3 is 0 Å². The van der Waals surface area contributed by atoms with E-state index in [0.29, 0.717) is 18.8 Å². The van der Waals surface area contributed by atoms with Crippen LogP contribution in [0.1, 0.15) is 12.0 Å². The van der Waals surface area contributed by atoms with E-state index in [-0.39, 0.29) is 0 Å². The van der Waals surface area contributed by atoms with Gasteiger partial charge in [0, 0.05) is 34.8 Å². The molecule has 5 heteroatoms. The SMILES string of the molecule is [N-]=[N+]=NCCC#Cc1cnc(N)c2ccccc12. The van der Waals surface area contributed by atoms with Crippen molar-refractivity contribution in [3.05, 3.63) is 46.5 Å². The van der Waals surface area contributed by atoms with E-state index in [2.05, 4.69) is 26.9 Å². The van der Waals surface area contributed by atoms with Crippen molar-refractivity contribution in [1.82, 2.24) is 4.98 Å². The van der Waals surface area contributed by atoms with Gasteiger partial charge in [0.05, 0.1) is 5.56 Å². The van der Waals surface area contributed by atoms with E-state index in [9.17, 15) is 0 Å². The van der Waals surface area contributed by atoms with E-state index in [1.807, 2.05) is 24.3 Å². The highest BCUT2D eigenvalue weighted by molar-refractivity contribution is 5.94. The van der Waals surface area contributed by atoms with E-state index < -0.39 is 0 Å². The van der Waals surface area contributed by atoms with Crippen molar-refractivity contribution in [1.29, 1.82) is 0 Å². The van der Waals surface area contributed by atoms with Gasteiger partial charge in [0.15, 0.2) is 0 Å². The van der Waals surface area contributed by atoms with E-state index >= 15 is 0 Å². The molecule has 1 aromatic heterocycles. The van der Waals surface area contributed by atoms with Gasteiger partial charge in [-0.25, -0.2) is 4.98 Å². The minimum absolute atomic E-state index is 0.379. The molecule has 1 heterocycles. The Labute approximate surface area is 104 Å². The molecule has 0 aliphatic carbocycles. The number of benzene rings is 1. The highest BCUT2D eigenvalue weighted by Crippen LogP contribution is 2.21. The Bertz CT molecular complexity index is 675. The molecule has 0 fully saturated rings. The fourth-order valence-corrected chi connectivity index (χ4v) is 1.62. The molecule has 88 valence electrons. The van der Waals surface area contributed by atoms with E-state index in [0.717, 1.165) is 16.3 Å². The monoisotopic (exact) mass is 237 g/mol. The van der Waals surface area contributed by atoms with Crippen molar-refractivity contribution in [2.45, 2.75) is 6.42 Å². The van der Waals surface area contributed by atoms with Crippen LogP contribution in [0.5, 0.6) is 0 Å². The second-order valence-corrected chi connectivity index (χ2v) is 3.61. The summed E-state index contributed by atoms with van der Waals surface area (Å²) in [4.78, 5) is 6.79. The molecular weight excluding hydrogens is 226 g/mol. The largest absolute Gasteiger partial charge is 0.383 e. The Morgan fingerprint density at radius 1 is 1.33 bits per heavy atom. The lowest BCUT2D eigenvalue weighted by Crippen LogP contribution is -1.93. The third-order valence-electron chi connectivity index (χ3n) is 2.45. The van der Waals surface area contributed by atoms with Crippen LogP contribution in [0.25, 0.3) is 21.2 Å². The lowest BCUT2D eigenvalue weighted by molar-refractivity contribution is 1.01. The van der Waals surface area contributed by atoms with Crippen LogP contribution in [0.15, 0.2) is 35.6 Å². The van der Waals surface area contributed by atoms with Gasteiger partial charge in [-0.1, -0.05) is 41.2 Å². The Hall–Kier alpha value is -2.70. The maximum atomic E-state index is 8.14. The first-order valence-electron chi connectivity index (χ1n) is 5.46. The summed E-state index contributed by atoms with van der Waals surface area (Å²) in [6, 6.07) is 7.74. The lowest BCUT2D eigenvalue weighted by Gasteiger charge is -2.02. The molecule has 0 spiro atoms. The molecule has 0 amide bonds. The predicted octanol–water partition coefficient (Wildman–Crippen LogP) is 2.87. The van der Waals surface area contributed by atoms with Crippen molar-refractivity contribution in [2.24, 2.45) is 5.11 Å². The van der Waals surface area contributed by atoms with Crippen LogP contribution in [0.2, 0.25) is 0 Å². The molecule has 0 bridgehead atoms. The van der Waals surface area contributed by atoms with Gasteiger partial charge in [-0.05, 0) is 5.53 Å². The zero-order valence-corrected chi connectivity index (χ0v) is 9.67. The third-order valence-corrected chi connectivity index (χ3v) is 2.45. The van der Waals surface area contributed by atoms with Crippen LogP contribution >= 0.6 is 0 Å². The van der Waals surface area contributed by atoms with Gasteiger partial charge in [0.25, 0.3) is 0 Å². The number of fused-ring (bicyclic) bond motifs is 1. The minimum atomic E-state index is 0.379. The summed E-state index contributed by atoms with van der Waals surface area (Å²) >= 11 is 0. The average Bonchev–Trinajstić information content (AvgIpc) is 2.41. The molecule has 18 heavy (non-hydrogen) atoms. The van der Waals surface area contributed by atoms with Gasteiger partial charge in [-0.3, -0.25) is 0 Å². The fraction of sp³-hybridized carbons (Fsp3) is 0.154. The topological polar surface area (TPSA) is 87.7 Å². The Morgan fingerprint density at radius 3 is 2.89 bits per heavy atom. The van der Waals surface area contributed by atoms with Crippen LogP contribution < -0.4 is 5.73 Å². The van der Waals surface area contributed by atoms with Crippen molar-refractivity contribution in [2.75, 3.05) is 12.3 Å². The Kier molecular flexibility index (Phi) is 3.65. The van der Waals surface area contributed by atoms with Crippen molar-refractivity contribution >= 4 is 16.6 Å². The quantitative estimate of drug-likeness (QED) is 0.286. The van der Waals surface area contributed by atoms with Crippen LogP contribution in [-0.4, -0.2) is 11.5 Å². The standard InChI is InChI=1S/C13H11N5/c14-13-12-7-2-1-6-11(12)10(9-16-13)5-3-4-8-17-18-15/h1-2,6-7,9H,4,8H2,(H2,14,16). The van der Waals surface area contributed by atoms with E-state index in [4.69, 9.17) is 11.3 Å². The molecule has 5 nitrogen and oxygen atoms in total. The summed E-state index contributed by atoms with van der Waals surface area (Å²) in [7, 11) is 0. The number of azide groups is 1. The highest BCUT2D eigenvalue weighted by Gasteiger charge is 2.01. The summed E-state index contributed by atoms with van der Waals surface area (Å²) in [5.74, 6) is 6.48. The molecule has 0 atom stereocenters. The number of pyridine rings is 1. The average molecular weight is 237 g/mol. The molecule has 2 aromatic rings. The second-order valence-electron chi connectivity index (χ2n) is 3.61. The summed E-state index contributed by atoms with van der Waals surface area (Å²) in [6.45, 7) is 0.379. The first-order chi connectivity index (χ1) is 8.83. The first-order valence-corrected chi connectivity index (χ1v) is 5.46. The molecule has 0 unspecified atom stereocenters. The number of nitrogens with two attached hydrogens (primary N) is 1. The number of anilines is 1. The molecule has 1 aromatic carbocycles. The van der Waals surface area contributed by atoms with Crippen LogP contribution in [0, 0.1) is 11.8 Å². The third kappa shape index (κ3) is 2.51. The predicted molar refractivity (Wildman–Crippen MR) is 71.7 cm³/mol. The number of hydrogen-bond acceptors (Lipinski definition) is 3. The van der Waals surface area contributed by atoms with Crippen molar-refractivity contribution < 1.29 is 0 Å². The van der Waals surface area contributed by atoms with Gasteiger partial charge in [0.2, 0.25) is 0 Å². The van der Waals surface area contributed by atoms with Gasteiger partial charge in [0.1, 0.15) is 5.82 Å². The second kappa shape index (κ2) is 5.58. The number of nitrogens with zero attached hydrogens (tertiary/aromatic N) is 4. The molecule has 0 aliphatic rings.